The number of nitrogens with zero attached hydrogens (tertiary/aromatic N) is 1. The predicted octanol–water partition coefficient (Wildman–Crippen LogP) is 5.56. The number of carbonyl (C=O) groups is 1. The van der Waals surface area contributed by atoms with Gasteiger partial charge in [0.05, 0.1) is 0 Å². The van der Waals surface area contributed by atoms with Crippen molar-refractivity contribution >= 4 is 33.6 Å². The second-order valence-electron chi connectivity index (χ2n) is 5.70. The summed E-state index contributed by atoms with van der Waals surface area (Å²) in [5, 5.41) is 12.0. The van der Waals surface area contributed by atoms with E-state index in [0.29, 0.717) is 17.2 Å². The highest BCUT2D eigenvalue weighted by Gasteiger charge is 2.11. The van der Waals surface area contributed by atoms with Gasteiger partial charge in [0.2, 0.25) is 0 Å². The molecule has 0 radical (unpaired) electrons. The number of hydrogen-bond donors (Lipinski definition) is 1. The van der Waals surface area contributed by atoms with E-state index >= 15 is 0 Å². The Balaban J connectivity index is 1.78. The van der Waals surface area contributed by atoms with E-state index in [1.54, 1.807) is 18.2 Å². The quantitative estimate of drug-likeness (QED) is 0.455. The number of halogens is 1. The fourth-order valence-electron chi connectivity index (χ4n) is 2.33. The minimum atomic E-state index is -0.474. The molecule has 0 fully saturated rings. The van der Waals surface area contributed by atoms with E-state index in [2.05, 4.69) is 21.2 Å². The van der Waals surface area contributed by atoms with E-state index in [0.717, 1.165) is 15.6 Å². The lowest BCUT2D eigenvalue weighted by Gasteiger charge is -2.04. The number of nitriles is 1. The van der Waals surface area contributed by atoms with Crippen molar-refractivity contribution < 1.29 is 9.21 Å². The predicted molar refractivity (Wildman–Crippen MR) is 105 cm³/mol. The van der Waals surface area contributed by atoms with Crippen LogP contribution in [0, 0.1) is 18.3 Å². The zero-order valence-electron chi connectivity index (χ0n) is 14.0. The number of hydrogen-bond acceptors (Lipinski definition) is 3. The molecule has 2 aromatic carbocycles. The fraction of sp³-hybridized carbons (Fsp3) is 0.0476. The summed E-state index contributed by atoms with van der Waals surface area (Å²) in [5.41, 5.74) is 2.62. The largest absolute Gasteiger partial charge is 0.457 e. The second kappa shape index (κ2) is 7.85. The maximum atomic E-state index is 12.3. The minimum absolute atomic E-state index is 0.0257. The van der Waals surface area contributed by atoms with Crippen molar-refractivity contribution in [3.05, 3.63) is 82.0 Å². The minimum Gasteiger partial charge on any atom is -0.457 e. The summed E-state index contributed by atoms with van der Waals surface area (Å²) in [7, 11) is 0. The fourth-order valence-corrected chi connectivity index (χ4v) is 2.59. The standard InChI is InChI=1S/C21H15BrN2O2/c1-14-2-8-18(9-3-14)24-21(25)16(13-23)12-19-10-11-20(26-19)15-4-6-17(22)7-5-15/h2-12H,1H3,(H,24,25)/b16-12-. The van der Waals surface area contributed by atoms with Crippen LogP contribution in [0.25, 0.3) is 17.4 Å². The summed E-state index contributed by atoms with van der Waals surface area (Å²) in [5.74, 6) is 0.636. The van der Waals surface area contributed by atoms with E-state index in [1.807, 2.05) is 55.5 Å². The van der Waals surface area contributed by atoms with Crippen molar-refractivity contribution in [3.8, 4) is 17.4 Å². The van der Waals surface area contributed by atoms with Crippen LogP contribution in [0.15, 0.2) is 75.1 Å². The van der Waals surface area contributed by atoms with E-state index in [4.69, 9.17) is 4.42 Å². The lowest BCUT2D eigenvalue weighted by Crippen LogP contribution is -2.13. The van der Waals surface area contributed by atoms with Crippen molar-refractivity contribution in [2.45, 2.75) is 6.92 Å². The van der Waals surface area contributed by atoms with Gasteiger partial charge in [0, 0.05) is 21.8 Å². The first-order valence-electron chi connectivity index (χ1n) is 7.91. The van der Waals surface area contributed by atoms with Gasteiger partial charge in [0.25, 0.3) is 5.91 Å². The maximum absolute atomic E-state index is 12.3. The summed E-state index contributed by atoms with van der Waals surface area (Å²) >= 11 is 3.39. The van der Waals surface area contributed by atoms with Gasteiger partial charge in [0.15, 0.2) is 0 Å². The highest BCUT2D eigenvalue weighted by molar-refractivity contribution is 9.10. The molecule has 0 spiro atoms. The third kappa shape index (κ3) is 4.29. The third-order valence-corrected chi connectivity index (χ3v) is 4.25. The molecule has 0 saturated heterocycles. The summed E-state index contributed by atoms with van der Waals surface area (Å²) < 4.78 is 6.71. The molecule has 0 saturated carbocycles. The molecular weight excluding hydrogens is 392 g/mol. The van der Waals surface area contributed by atoms with Crippen molar-refractivity contribution in [2.24, 2.45) is 0 Å². The zero-order valence-corrected chi connectivity index (χ0v) is 15.6. The first-order valence-corrected chi connectivity index (χ1v) is 8.70. The Kier molecular flexibility index (Phi) is 5.35. The highest BCUT2D eigenvalue weighted by Crippen LogP contribution is 2.25. The third-order valence-electron chi connectivity index (χ3n) is 3.72. The summed E-state index contributed by atoms with van der Waals surface area (Å²) in [6.45, 7) is 1.96. The number of furan rings is 1. The van der Waals surface area contributed by atoms with Gasteiger partial charge < -0.3 is 9.73 Å². The van der Waals surface area contributed by atoms with Crippen molar-refractivity contribution in [3.63, 3.8) is 0 Å². The van der Waals surface area contributed by atoms with Crippen LogP contribution in [0.4, 0.5) is 5.69 Å². The number of nitrogens with one attached hydrogen (secondary N) is 1. The van der Waals surface area contributed by atoms with Gasteiger partial charge in [-0.15, -0.1) is 0 Å². The Bertz CT molecular complexity index is 994. The Morgan fingerprint density at radius 1 is 1.08 bits per heavy atom. The topological polar surface area (TPSA) is 66.0 Å². The lowest BCUT2D eigenvalue weighted by molar-refractivity contribution is -0.112. The normalized spacial score (nSPS) is 11.0. The van der Waals surface area contributed by atoms with E-state index in [-0.39, 0.29) is 5.57 Å². The van der Waals surface area contributed by atoms with Crippen molar-refractivity contribution in [1.29, 1.82) is 5.26 Å². The van der Waals surface area contributed by atoms with Crippen molar-refractivity contribution in [1.82, 2.24) is 0 Å². The molecule has 0 aliphatic rings. The molecule has 1 amide bonds. The van der Waals surface area contributed by atoms with Crippen molar-refractivity contribution in [2.75, 3.05) is 5.32 Å². The number of amides is 1. The van der Waals surface area contributed by atoms with Crippen LogP contribution in [0.1, 0.15) is 11.3 Å². The molecule has 128 valence electrons. The molecule has 4 nitrogen and oxygen atoms in total. The molecule has 0 bridgehead atoms. The Labute approximate surface area is 159 Å². The van der Waals surface area contributed by atoms with Gasteiger partial charge in [-0.2, -0.15) is 5.26 Å². The first-order chi connectivity index (χ1) is 12.5. The average Bonchev–Trinajstić information content (AvgIpc) is 3.11. The highest BCUT2D eigenvalue weighted by atomic mass is 79.9. The molecule has 3 rings (SSSR count). The number of benzene rings is 2. The Morgan fingerprint density at radius 2 is 1.77 bits per heavy atom. The summed E-state index contributed by atoms with van der Waals surface area (Å²) in [6, 6.07) is 20.5. The van der Waals surface area contributed by atoms with Crippen LogP contribution >= 0.6 is 15.9 Å². The molecule has 0 aliphatic heterocycles. The molecule has 1 N–H and O–H groups in total. The zero-order chi connectivity index (χ0) is 18.5. The van der Waals surface area contributed by atoms with E-state index in [1.165, 1.54) is 6.08 Å². The summed E-state index contributed by atoms with van der Waals surface area (Å²) in [6.07, 6.45) is 1.44. The Morgan fingerprint density at radius 3 is 2.42 bits per heavy atom. The van der Waals surface area contributed by atoms with Gasteiger partial charge in [0.1, 0.15) is 23.2 Å². The van der Waals surface area contributed by atoms with E-state index < -0.39 is 5.91 Å². The number of aryl methyl sites for hydroxylation is 1. The molecule has 0 aliphatic carbocycles. The molecule has 1 heterocycles. The first kappa shape index (κ1) is 17.7. The van der Waals surface area contributed by atoms with Gasteiger partial charge in [-0.1, -0.05) is 45.8 Å². The van der Waals surface area contributed by atoms with Crippen LogP contribution < -0.4 is 5.32 Å². The van der Waals surface area contributed by atoms with E-state index in [9.17, 15) is 10.1 Å². The number of carbonyl (C=O) groups excluding carboxylic acids is 1. The van der Waals surface area contributed by atoms with Crippen LogP contribution in [-0.2, 0) is 4.79 Å². The molecular formula is C21H15BrN2O2. The molecule has 1 aromatic heterocycles. The molecule has 0 atom stereocenters. The van der Waals surface area contributed by atoms with Gasteiger partial charge in [-0.3, -0.25) is 4.79 Å². The SMILES string of the molecule is Cc1ccc(NC(=O)/C(C#N)=C\c2ccc(-c3ccc(Br)cc3)o2)cc1. The molecule has 0 unspecified atom stereocenters. The van der Waals surface area contributed by atoms with Gasteiger partial charge in [-0.25, -0.2) is 0 Å². The molecule has 5 heteroatoms. The van der Waals surface area contributed by atoms with Crippen LogP contribution in [0.3, 0.4) is 0 Å². The maximum Gasteiger partial charge on any atom is 0.266 e. The van der Waals surface area contributed by atoms with Crippen LogP contribution in [-0.4, -0.2) is 5.91 Å². The van der Waals surface area contributed by atoms with Crippen LogP contribution in [0.5, 0.6) is 0 Å². The Hall–Kier alpha value is -3.10. The number of anilines is 1. The molecule has 3 aromatic rings. The molecule has 26 heavy (non-hydrogen) atoms. The summed E-state index contributed by atoms with van der Waals surface area (Å²) in [4.78, 5) is 12.3. The van der Waals surface area contributed by atoms with Gasteiger partial charge in [-0.05, 0) is 43.3 Å². The number of rotatable bonds is 4. The van der Waals surface area contributed by atoms with Crippen LogP contribution in [0.2, 0.25) is 0 Å². The lowest BCUT2D eigenvalue weighted by atomic mass is 10.2. The second-order valence-corrected chi connectivity index (χ2v) is 6.61. The smallest absolute Gasteiger partial charge is 0.266 e. The average molecular weight is 407 g/mol. The van der Waals surface area contributed by atoms with Gasteiger partial charge >= 0.3 is 0 Å². The monoisotopic (exact) mass is 406 g/mol.